The summed E-state index contributed by atoms with van der Waals surface area (Å²) in [6.07, 6.45) is 3.60. The van der Waals surface area contributed by atoms with Crippen molar-refractivity contribution in [3.63, 3.8) is 0 Å². The van der Waals surface area contributed by atoms with Gasteiger partial charge >= 0.3 is 0 Å². The molecule has 2 amide bonds. The van der Waals surface area contributed by atoms with Crippen molar-refractivity contribution in [3.05, 3.63) is 90.1 Å². The van der Waals surface area contributed by atoms with Crippen LogP contribution in [0.2, 0.25) is 0 Å². The maximum Gasteiger partial charge on any atom is 0.270 e. The number of carbonyl (C=O) groups is 2. The average molecular weight is 512 g/mol. The summed E-state index contributed by atoms with van der Waals surface area (Å²) in [5.74, 6) is -0.151. The zero-order valence-corrected chi connectivity index (χ0v) is 21.5. The Hall–Kier alpha value is -4.43. The predicted molar refractivity (Wildman–Crippen MR) is 149 cm³/mol. The molecule has 0 unspecified atom stereocenters. The first-order valence-corrected chi connectivity index (χ1v) is 12.2. The monoisotopic (exact) mass is 511 g/mol. The molecule has 37 heavy (non-hydrogen) atoms. The first kappa shape index (κ1) is 24.3. The summed E-state index contributed by atoms with van der Waals surface area (Å²) < 4.78 is 13.1. The third-order valence-electron chi connectivity index (χ3n) is 6.36. The van der Waals surface area contributed by atoms with Gasteiger partial charge in [0.1, 0.15) is 17.1 Å². The Morgan fingerprint density at radius 1 is 0.784 bits per heavy atom. The topological polar surface area (TPSA) is 64.0 Å². The van der Waals surface area contributed by atoms with Gasteiger partial charge in [0.25, 0.3) is 11.8 Å². The highest BCUT2D eigenvalue weighted by Gasteiger charge is 2.43. The van der Waals surface area contributed by atoms with Gasteiger partial charge in [-0.1, -0.05) is 42.5 Å². The van der Waals surface area contributed by atoms with Crippen LogP contribution in [0.3, 0.4) is 0 Å². The standard InChI is InChI=1S/C29H25N3O4S/c1-4-30-18-19(20-11-5-6-12-22(20)30)17-21-27(33)31(23-13-7-9-15-25(23)35-2)29(37)32(28(21)34)24-14-8-10-16-26(24)36-3/h5-18H,4H2,1-3H3. The summed E-state index contributed by atoms with van der Waals surface area (Å²) in [5, 5.41) is 0.954. The van der Waals surface area contributed by atoms with Crippen LogP contribution in [0.4, 0.5) is 11.4 Å². The first-order chi connectivity index (χ1) is 18.0. The molecule has 1 aromatic heterocycles. The fourth-order valence-corrected chi connectivity index (χ4v) is 4.95. The van der Waals surface area contributed by atoms with Gasteiger partial charge in [0, 0.05) is 29.2 Å². The van der Waals surface area contributed by atoms with Crippen molar-refractivity contribution in [3.8, 4) is 11.5 Å². The van der Waals surface area contributed by atoms with Crippen LogP contribution in [0.25, 0.3) is 17.0 Å². The molecule has 1 aliphatic heterocycles. The minimum absolute atomic E-state index is 0.0112. The molecule has 0 atom stereocenters. The number of rotatable bonds is 6. The first-order valence-electron chi connectivity index (χ1n) is 11.8. The highest BCUT2D eigenvalue weighted by molar-refractivity contribution is 7.81. The minimum atomic E-state index is -0.529. The van der Waals surface area contributed by atoms with Crippen molar-refractivity contribution < 1.29 is 19.1 Å². The SMILES string of the molecule is CCn1cc(C=C2C(=O)N(c3ccccc3OC)C(=S)N(c3ccccc3OC)C2=O)c2ccccc21. The molecule has 0 saturated carbocycles. The highest BCUT2D eigenvalue weighted by Crippen LogP contribution is 2.38. The van der Waals surface area contributed by atoms with E-state index in [1.165, 1.54) is 24.0 Å². The van der Waals surface area contributed by atoms with Gasteiger partial charge in [0.15, 0.2) is 5.11 Å². The number of benzene rings is 3. The molecule has 2 heterocycles. The van der Waals surface area contributed by atoms with E-state index in [0.29, 0.717) is 22.9 Å². The van der Waals surface area contributed by atoms with Gasteiger partial charge in [-0.3, -0.25) is 9.59 Å². The Kier molecular flexibility index (Phi) is 6.50. The van der Waals surface area contributed by atoms with Crippen molar-refractivity contribution in [1.82, 2.24) is 4.57 Å². The van der Waals surface area contributed by atoms with E-state index in [1.807, 2.05) is 37.4 Å². The van der Waals surface area contributed by atoms with Crippen LogP contribution < -0.4 is 19.3 Å². The predicted octanol–water partition coefficient (Wildman–Crippen LogP) is 5.43. The Morgan fingerprint density at radius 3 is 1.84 bits per heavy atom. The summed E-state index contributed by atoms with van der Waals surface area (Å²) >= 11 is 5.77. The maximum absolute atomic E-state index is 14.0. The van der Waals surface area contributed by atoms with E-state index in [4.69, 9.17) is 21.7 Å². The van der Waals surface area contributed by atoms with Crippen molar-refractivity contribution >= 4 is 57.5 Å². The van der Waals surface area contributed by atoms with Crippen molar-refractivity contribution in [2.24, 2.45) is 0 Å². The Balaban J connectivity index is 1.74. The summed E-state index contributed by atoms with van der Waals surface area (Å²) in [5.41, 5.74) is 2.64. The molecule has 0 radical (unpaired) electrons. The number of aryl methyl sites for hydroxylation is 1. The molecule has 0 N–H and O–H groups in total. The van der Waals surface area contributed by atoms with Crippen molar-refractivity contribution in [1.29, 1.82) is 0 Å². The highest BCUT2D eigenvalue weighted by atomic mass is 32.1. The number of hydrogen-bond acceptors (Lipinski definition) is 5. The molecule has 5 rings (SSSR count). The molecule has 4 aromatic rings. The molecule has 1 fully saturated rings. The Morgan fingerprint density at radius 2 is 1.30 bits per heavy atom. The number of hydrogen-bond donors (Lipinski definition) is 0. The normalized spacial score (nSPS) is 13.9. The molecule has 8 heteroatoms. The lowest BCUT2D eigenvalue weighted by molar-refractivity contribution is -0.120. The smallest absolute Gasteiger partial charge is 0.270 e. The number of ether oxygens (including phenoxy) is 2. The van der Waals surface area contributed by atoms with E-state index in [0.717, 1.165) is 23.0 Å². The van der Waals surface area contributed by atoms with Crippen LogP contribution in [-0.4, -0.2) is 35.7 Å². The Labute approximate surface area is 220 Å². The van der Waals surface area contributed by atoms with Gasteiger partial charge in [-0.2, -0.15) is 0 Å². The molecular weight excluding hydrogens is 486 g/mol. The van der Waals surface area contributed by atoms with Crippen LogP contribution in [0, 0.1) is 0 Å². The maximum atomic E-state index is 14.0. The summed E-state index contributed by atoms with van der Waals surface area (Å²) in [7, 11) is 3.05. The van der Waals surface area contributed by atoms with E-state index < -0.39 is 11.8 Å². The lowest BCUT2D eigenvalue weighted by Crippen LogP contribution is -2.57. The quantitative estimate of drug-likeness (QED) is 0.196. The number of para-hydroxylation sites is 5. The molecular formula is C29H25N3O4S. The second-order valence-electron chi connectivity index (χ2n) is 8.35. The summed E-state index contributed by atoms with van der Waals surface area (Å²) in [6, 6.07) is 22.0. The molecule has 0 spiro atoms. The number of fused-ring (bicyclic) bond motifs is 1. The van der Waals surface area contributed by atoms with Crippen molar-refractivity contribution in [2.75, 3.05) is 24.0 Å². The molecule has 186 valence electrons. The average Bonchev–Trinajstić information content (AvgIpc) is 3.29. The van der Waals surface area contributed by atoms with E-state index in [1.54, 1.807) is 54.6 Å². The lowest BCUT2D eigenvalue weighted by Gasteiger charge is -2.37. The van der Waals surface area contributed by atoms with Gasteiger partial charge in [0.05, 0.1) is 25.6 Å². The molecule has 7 nitrogen and oxygen atoms in total. The molecule has 1 aliphatic rings. The van der Waals surface area contributed by atoms with E-state index in [2.05, 4.69) is 4.57 Å². The number of amides is 2. The van der Waals surface area contributed by atoms with Crippen LogP contribution in [0.5, 0.6) is 11.5 Å². The molecule has 0 aliphatic carbocycles. The van der Waals surface area contributed by atoms with Crippen molar-refractivity contribution in [2.45, 2.75) is 13.5 Å². The van der Waals surface area contributed by atoms with E-state index in [-0.39, 0.29) is 10.7 Å². The van der Waals surface area contributed by atoms with Gasteiger partial charge in [0.2, 0.25) is 0 Å². The van der Waals surface area contributed by atoms with E-state index in [9.17, 15) is 9.59 Å². The van der Waals surface area contributed by atoms with E-state index >= 15 is 0 Å². The largest absolute Gasteiger partial charge is 0.495 e. The fourth-order valence-electron chi connectivity index (χ4n) is 4.59. The van der Waals surface area contributed by atoms with Gasteiger partial charge < -0.3 is 14.0 Å². The van der Waals surface area contributed by atoms with Crippen LogP contribution >= 0.6 is 12.2 Å². The second-order valence-corrected chi connectivity index (χ2v) is 8.72. The lowest BCUT2D eigenvalue weighted by atomic mass is 10.0. The number of aromatic nitrogens is 1. The van der Waals surface area contributed by atoms with Gasteiger partial charge in [-0.25, -0.2) is 9.80 Å². The Bertz CT molecular complexity index is 1500. The van der Waals surface area contributed by atoms with Crippen LogP contribution in [-0.2, 0) is 16.1 Å². The number of carbonyl (C=O) groups excluding carboxylic acids is 2. The third-order valence-corrected chi connectivity index (χ3v) is 6.73. The molecule has 1 saturated heterocycles. The number of anilines is 2. The van der Waals surface area contributed by atoms with Crippen LogP contribution in [0.1, 0.15) is 12.5 Å². The third kappa shape index (κ3) is 4.05. The van der Waals surface area contributed by atoms with Crippen LogP contribution in [0.15, 0.2) is 84.6 Å². The summed E-state index contributed by atoms with van der Waals surface area (Å²) in [6.45, 7) is 2.79. The minimum Gasteiger partial charge on any atom is -0.495 e. The number of thiocarbonyl (C=S) groups is 1. The zero-order chi connectivity index (χ0) is 26.1. The molecule has 0 bridgehead atoms. The number of nitrogens with zero attached hydrogens (tertiary/aromatic N) is 3. The van der Waals surface area contributed by atoms with Gasteiger partial charge in [-0.15, -0.1) is 0 Å². The second kappa shape index (κ2) is 9.91. The fraction of sp³-hybridized carbons (Fsp3) is 0.138. The zero-order valence-electron chi connectivity index (χ0n) is 20.7. The van der Waals surface area contributed by atoms with Gasteiger partial charge in [-0.05, 0) is 55.5 Å². The summed E-state index contributed by atoms with van der Waals surface area (Å²) in [4.78, 5) is 30.7. The molecule has 3 aromatic carbocycles. The number of methoxy groups -OCH3 is 2.